The van der Waals surface area contributed by atoms with Crippen LogP contribution in [0.2, 0.25) is 0 Å². The van der Waals surface area contributed by atoms with Crippen molar-refractivity contribution in [3.05, 3.63) is 83.5 Å². The number of ether oxygens (including phenoxy) is 3. The van der Waals surface area contributed by atoms with Crippen molar-refractivity contribution in [2.45, 2.75) is 70.2 Å². The highest BCUT2D eigenvalue weighted by Gasteiger charge is 2.75. The van der Waals surface area contributed by atoms with Gasteiger partial charge in [-0.05, 0) is 67.4 Å². The van der Waals surface area contributed by atoms with Crippen molar-refractivity contribution in [1.82, 2.24) is 0 Å². The van der Waals surface area contributed by atoms with E-state index in [0.717, 1.165) is 29.5 Å². The molecule has 7 rings (SSSR count). The molecule has 0 spiro atoms. The van der Waals surface area contributed by atoms with Crippen LogP contribution < -0.4 is 10.5 Å². The third kappa shape index (κ3) is 4.18. The summed E-state index contributed by atoms with van der Waals surface area (Å²) in [7, 11) is 0. The second kappa shape index (κ2) is 10.1. The van der Waals surface area contributed by atoms with Gasteiger partial charge in [0, 0.05) is 34.1 Å². The van der Waals surface area contributed by atoms with Gasteiger partial charge in [-0.25, -0.2) is 0 Å². The minimum absolute atomic E-state index is 0.00117. The molecule has 8 nitrogen and oxygen atoms in total. The summed E-state index contributed by atoms with van der Waals surface area (Å²) in [6.07, 6.45) is 5.87. The molecular weight excluding hydrogens is 546 g/mol. The maximum atomic E-state index is 13.7. The molecule has 1 saturated heterocycles. The number of carbonyl (C=O) groups excluding carboxylic acids is 2. The first-order chi connectivity index (χ1) is 20.6. The van der Waals surface area contributed by atoms with Crippen molar-refractivity contribution in [3.63, 3.8) is 0 Å². The molecule has 0 unspecified atom stereocenters. The summed E-state index contributed by atoms with van der Waals surface area (Å²) in [6.45, 7) is 3.88. The topological polar surface area (TPSA) is 128 Å². The molecule has 0 bridgehead atoms. The van der Waals surface area contributed by atoms with Gasteiger partial charge in [0.15, 0.2) is 23.5 Å². The molecule has 0 amide bonds. The van der Waals surface area contributed by atoms with Gasteiger partial charge >= 0.3 is 0 Å². The summed E-state index contributed by atoms with van der Waals surface area (Å²) in [5.41, 5.74) is 6.79. The normalized spacial score (nSPS) is 39.3. The molecule has 2 aromatic rings. The van der Waals surface area contributed by atoms with Crippen LogP contribution in [0.25, 0.3) is 0 Å². The van der Waals surface area contributed by atoms with Gasteiger partial charge < -0.3 is 30.2 Å². The van der Waals surface area contributed by atoms with Crippen LogP contribution in [0.4, 0.5) is 5.69 Å². The zero-order chi connectivity index (χ0) is 30.1. The summed E-state index contributed by atoms with van der Waals surface area (Å²) in [5.74, 6) is 0.391. The Morgan fingerprint density at radius 1 is 1.16 bits per heavy atom. The van der Waals surface area contributed by atoms with E-state index in [1.807, 2.05) is 55.5 Å². The van der Waals surface area contributed by atoms with E-state index in [0.29, 0.717) is 30.9 Å². The molecule has 4 aliphatic carbocycles. The predicted octanol–water partition coefficient (Wildman–Crippen LogP) is 4.45. The van der Waals surface area contributed by atoms with E-state index in [4.69, 9.17) is 19.9 Å². The molecule has 43 heavy (non-hydrogen) atoms. The van der Waals surface area contributed by atoms with Crippen LogP contribution >= 0.6 is 0 Å². The van der Waals surface area contributed by atoms with Gasteiger partial charge in [0.25, 0.3) is 0 Å². The Labute approximate surface area is 251 Å². The summed E-state index contributed by atoms with van der Waals surface area (Å²) in [5, 5.41) is 22.0. The lowest BCUT2D eigenvalue weighted by molar-refractivity contribution is -0.201. The SMILES string of the molecule is C[C@]12C=CC(=O)C=C1CC[C@@H]1[C@@H]2[C@@H](O)C[C@@]2(C)[C@H]1C[C@H]1O[C@H](c3ccc(COc4cccc(N)c4)cc3)O[C@]12C(=O)CO. The average molecular weight is 586 g/mol. The van der Waals surface area contributed by atoms with Crippen molar-refractivity contribution in [1.29, 1.82) is 0 Å². The molecule has 5 aliphatic rings. The number of aliphatic hydroxyl groups excluding tert-OH is 2. The maximum Gasteiger partial charge on any atom is 0.193 e. The fourth-order valence-corrected chi connectivity index (χ4v) is 9.38. The van der Waals surface area contributed by atoms with Crippen LogP contribution in [-0.2, 0) is 25.7 Å². The van der Waals surface area contributed by atoms with E-state index in [1.165, 1.54) is 0 Å². The van der Waals surface area contributed by atoms with Gasteiger partial charge in [-0.3, -0.25) is 9.59 Å². The molecule has 0 aromatic heterocycles. The molecule has 1 aliphatic heterocycles. The number of hydrogen-bond acceptors (Lipinski definition) is 8. The Morgan fingerprint density at radius 3 is 2.70 bits per heavy atom. The quantitative estimate of drug-likeness (QED) is 0.425. The van der Waals surface area contributed by atoms with Crippen molar-refractivity contribution >= 4 is 17.3 Å². The summed E-state index contributed by atoms with van der Waals surface area (Å²) < 4.78 is 19.1. The number of fused-ring (bicyclic) bond motifs is 7. The zero-order valence-corrected chi connectivity index (χ0v) is 24.6. The fraction of sp³-hybridized carbons (Fsp3) is 0.486. The number of carbonyl (C=O) groups is 2. The molecule has 226 valence electrons. The highest BCUT2D eigenvalue weighted by Crippen LogP contribution is 2.70. The van der Waals surface area contributed by atoms with Crippen molar-refractivity contribution in [2.24, 2.45) is 28.6 Å². The number of ketones is 2. The average Bonchev–Trinajstić information content (AvgIpc) is 3.49. The van der Waals surface area contributed by atoms with E-state index >= 15 is 0 Å². The monoisotopic (exact) mass is 585 g/mol. The second-order valence-electron chi connectivity index (χ2n) is 13.4. The van der Waals surface area contributed by atoms with Crippen LogP contribution in [0.15, 0.2) is 72.3 Å². The predicted molar refractivity (Wildman–Crippen MR) is 159 cm³/mol. The number of aliphatic hydroxyl groups is 2. The molecular formula is C35H39NO7. The third-order valence-corrected chi connectivity index (χ3v) is 11.3. The molecule has 4 fully saturated rings. The third-order valence-electron chi connectivity index (χ3n) is 11.3. The number of nitrogen functional groups attached to an aromatic ring is 1. The molecule has 0 radical (unpaired) electrons. The Morgan fingerprint density at radius 2 is 1.95 bits per heavy atom. The van der Waals surface area contributed by atoms with Gasteiger partial charge in [-0.2, -0.15) is 0 Å². The zero-order valence-electron chi connectivity index (χ0n) is 24.6. The minimum Gasteiger partial charge on any atom is -0.489 e. The highest BCUT2D eigenvalue weighted by atomic mass is 16.7. The van der Waals surface area contributed by atoms with Gasteiger partial charge in [-0.15, -0.1) is 0 Å². The van der Waals surface area contributed by atoms with Crippen molar-refractivity contribution < 1.29 is 34.0 Å². The van der Waals surface area contributed by atoms with E-state index in [1.54, 1.807) is 18.2 Å². The second-order valence-corrected chi connectivity index (χ2v) is 13.4. The van der Waals surface area contributed by atoms with Crippen LogP contribution in [0.1, 0.15) is 56.9 Å². The molecule has 4 N–H and O–H groups in total. The first kappa shape index (κ1) is 28.5. The van der Waals surface area contributed by atoms with E-state index in [9.17, 15) is 19.8 Å². The Balaban J connectivity index is 1.14. The standard InChI is InChI=1S/C35H39NO7/c1-33-13-12-24(38)14-22(33)10-11-26-27-16-30-35(29(40)18-37,34(27,2)17-28(39)31(26)33)43-32(42-30)21-8-6-20(7-9-21)19-41-25-5-3-4-23(36)15-25/h3-9,12-15,26-28,30-32,37,39H,10-11,16-19,36H2,1-2H3/t26-,27-,28-,30+,31+,32-,33-,34-,35+/m0/s1. The summed E-state index contributed by atoms with van der Waals surface area (Å²) in [4.78, 5) is 25.9. The van der Waals surface area contributed by atoms with E-state index in [-0.39, 0.29) is 23.5 Å². The number of Topliss-reactive ketones (excluding diaryl/α,β-unsaturated/α-hetero) is 1. The van der Waals surface area contributed by atoms with Gasteiger partial charge in [0.1, 0.15) is 19.0 Å². The lowest BCUT2D eigenvalue weighted by atomic mass is 9.46. The Kier molecular flexibility index (Phi) is 6.70. The van der Waals surface area contributed by atoms with Crippen molar-refractivity contribution in [3.8, 4) is 5.75 Å². The summed E-state index contributed by atoms with van der Waals surface area (Å²) >= 11 is 0. The number of anilines is 1. The minimum atomic E-state index is -1.37. The molecule has 1 heterocycles. The highest BCUT2D eigenvalue weighted by molar-refractivity contribution is 6.01. The van der Waals surface area contributed by atoms with Crippen LogP contribution in [0, 0.1) is 28.6 Å². The van der Waals surface area contributed by atoms with Crippen LogP contribution in [0.5, 0.6) is 5.75 Å². The molecule has 2 aromatic carbocycles. The molecule has 3 saturated carbocycles. The Bertz CT molecular complexity index is 1520. The van der Waals surface area contributed by atoms with Gasteiger partial charge in [-0.1, -0.05) is 55.8 Å². The smallest absolute Gasteiger partial charge is 0.193 e. The lowest BCUT2D eigenvalue weighted by Gasteiger charge is -2.59. The number of allylic oxidation sites excluding steroid dienone is 4. The van der Waals surface area contributed by atoms with Crippen molar-refractivity contribution in [2.75, 3.05) is 12.3 Å². The lowest BCUT2D eigenvalue weighted by Crippen LogP contribution is -2.63. The molecule has 9 atom stereocenters. The van der Waals surface area contributed by atoms with E-state index in [2.05, 4.69) is 6.92 Å². The first-order valence-corrected chi connectivity index (χ1v) is 15.3. The van der Waals surface area contributed by atoms with Gasteiger partial charge in [0.2, 0.25) is 0 Å². The summed E-state index contributed by atoms with van der Waals surface area (Å²) in [6, 6.07) is 15.0. The van der Waals surface area contributed by atoms with E-state index < -0.39 is 47.3 Å². The van der Waals surface area contributed by atoms with Gasteiger partial charge in [0.05, 0.1) is 12.2 Å². The fourth-order valence-electron chi connectivity index (χ4n) is 9.38. The number of rotatable bonds is 6. The first-order valence-electron chi connectivity index (χ1n) is 15.3. The number of benzene rings is 2. The molecule has 8 heteroatoms. The van der Waals surface area contributed by atoms with Crippen LogP contribution in [-0.4, -0.2) is 46.2 Å². The van der Waals surface area contributed by atoms with Crippen LogP contribution in [0.3, 0.4) is 0 Å². The maximum absolute atomic E-state index is 13.7. The Hall–Kier alpha value is -3.30. The largest absolute Gasteiger partial charge is 0.489 e. The number of nitrogens with two attached hydrogens (primary N) is 1. The number of hydrogen-bond donors (Lipinski definition) is 3.